The summed E-state index contributed by atoms with van der Waals surface area (Å²) in [6.45, 7) is 2.09. The van der Waals surface area contributed by atoms with Crippen LogP contribution in [0, 0.1) is 0 Å². The normalized spacial score (nSPS) is 11.6. The minimum atomic E-state index is -1.03. The lowest BCUT2D eigenvalue weighted by atomic mass is 10.2. The Balaban J connectivity index is 2.39. The van der Waals surface area contributed by atoms with Crippen molar-refractivity contribution < 1.29 is 14.7 Å². The third kappa shape index (κ3) is 4.77. The number of nitrogens with zero attached hydrogens (tertiary/aromatic N) is 2. The first kappa shape index (κ1) is 13.9. The molecule has 0 aromatic carbocycles. The molecule has 0 saturated carbocycles. The number of carbonyl (C=O) groups excluding carboxylic acids is 1. The van der Waals surface area contributed by atoms with Crippen LogP contribution < -0.4 is 10.6 Å². The predicted molar refractivity (Wildman–Crippen MR) is 63.7 cm³/mol. The molecule has 0 aliphatic rings. The van der Waals surface area contributed by atoms with Gasteiger partial charge in [0.1, 0.15) is 12.4 Å². The van der Waals surface area contributed by atoms with Crippen molar-refractivity contribution in [1.82, 2.24) is 20.6 Å². The number of aromatic nitrogens is 2. The molecule has 0 spiro atoms. The van der Waals surface area contributed by atoms with Gasteiger partial charge in [-0.05, 0) is 12.5 Å². The summed E-state index contributed by atoms with van der Waals surface area (Å²) in [7, 11) is 0. The van der Waals surface area contributed by atoms with Crippen molar-refractivity contribution in [2.75, 3.05) is 0 Å². The van der Waals surface area contributed by atoms with Gasteiger partial charge in [0.05, 0.1) is 12.2 Å². The van der Waals surface area contributed by atoms with E-state index in [9.17, 15) is 9.59 Å². The van der Waals surface area contributed by atoms with Gasteiger partial charge in [-0.25, -0.2) is 19.6 Å². The summed E-state index contributed by atoms with van der Waals surface area (Å²) in [5.41, 5.74) is 0.655. The number of carboxylic acids is 1. The molecule has 0 fully saturated rings. The van der Waals surface area contributed by atoms with Gasteiger partial charge in [-0.15, -0.1) is 0 Å². The first-order valence-electron chi connectivity index (χ1n) is 5.65. The van der Waals surface area contributed by atoms with Gasteiger partial charge in [-0.3, -0.25) is 0 Å². The van der Waals surface area contributed by atoms with E-state index in [1.165, 1.54) is 6.33 Å². The molecule has 7 heteroatoms. The van der Waals surface area contributed by atoms with E-state index in [0.717, 1.165) is 0 Å². The Kier molecular flexibility index (Phi) is 5.56. The van der Waals surface area contributed by atoms with Crippen molar-refractivity contribution in [2.24, 2.45) is 0 Å². The maximum absolute atomic E-state index is 11.5. The molecular formula is C11H16N4O3. The number of nitrogens with one attached hydrogen (secondary N) is 2. The van der Waals surface area contributed by atoms with Crippen LogP contribution in [0.5, 0.6) is 0 Å². The standard InChI is InChI=1S/C11H16N4O3/c1-2-3-9(10(16)17)15-11(18)13-6-8-4-5-12-7-14-8/h4-5,7,9H,2-3,6H2,1H3,(H,16,17)(H2,13,15,18)/t9-/m1/s1. The maximum Gasteiger partial charge on any atom is 0.326 e. The Morgan fingerprint density at radius 1 is 1.50 bits per heavy atom. The fraction of sp³-hybridized carbons (Fsp3) is 0.455. The summed E-state index contributed by atoms with van der Waals surface area (Å²) in [6.07, 6.45) is 4.03. The quantitative estimate of drug-likeness (QED) is 0.685. The number of rotatable bonds is 6. The molecule has 1 aromatic heterocycles. The second kappa shape index (κ2) is 7.21. The van der Waals surface area contributed by atoms with Crippen LogP contribution in [0.3, 0.4) is 0 Å². The summed E-state index contributed by atoms with van der Waals surface area (Å²) in [5, 5.41) is 13.8. The van der Waals surface area contributed by atoms with E-state index in [0.29, 0.717) is 18.5 Å². The van der Waals surface area contributed by atoms with Crippen LogP contribution in [0.4, 0.5) is 4.79 Å². The average Bonchev–Trinajstić information content (AvgIpc) is 2.37. The fourth-order valence-corrected chi connectivity index (χ4v) is 1.35. The lowest BCUT2D eigenvalue weighted by Crippen LogP contribution is -2.45. The predicted octanol–water partition coefficient (Wildman–Crippen LogP) is 0.529. The van der Waals surface area contributed by atoms with E-state index in [1.54, 1.807) is 12.3 Å². The first-order valence-corrected chi connectivity index (χ1v) is 5.65. The second-order valence-electron chi connectivity index (χ2n) is 3.71. The first-order chi connectivity index (χ1) is 8.63. The summed E-state index contributed by atoms with van der Waals surface area (Å²) in [6, 6.07) is 0.288. The van der Waals surface area contributed by atoms with E-state index in [-0.39, 0.29) is 6.54 Å². The molecule has 1 atom stereocenters. The van der Waals surface area contributed by atoms with E-state index in [2.05, 4.69) is 20.6 Å². The smallest absolute Gasteiger partial charge is 0.326 e. The van der Waals surface area contributed by atoms with Gasteiger partial charge < -0.3 is 15.7 Å². The number of hydrogen-bond acceptors (Lipinski definition) is 4. The Morgan fingerprint density at radius 3 is 2.83 bits per heavy atom. The number of amides is 2. The minimum absolute atomic E-state index is 0.229. The molecule has 3 N–H and O–H groups in total. The lowest BCUT2D eigenvalue weighted by molar-refractivity contribution is -0.139. The second-order valence-corrected chi connectivity index (χ2v) is 3.71. The maximum atomic E-state index is 11.5. The number of carboxylic acid groups (broad SMARTS) is 1. The van der Waals surface area contributed by atoms with Gasteiger partial charge in [0, 0.05) is 6.20 Å². The zero-order valence-corrected chi connectivity index (χ0v) is 10.1. The summed E-state index contributed by atoms with van der Waals surface area (Å²) >= 11 is 0. The van der Waals surface area contributed by atoms with Crippen LogP contribution in [-0.4, -0.2) is 33.1 Å². The molecule has 1 rings (SSSR count). The van der Waals surface area contributed by atoms with Gasteiger partial charge >= 0.3 is 12.0 Å². The highest BCUT2D eigenvalue weighted by Gasteiger charge is 2.18. The van der Waals surface area contributed by atoms with Gasteiger partial charge in [-0.2, -0.15) is 0 Å². The van der Waals surface area contributed by atoms with Gasteiger partial charge in [0.25, 0.3) is 0 Å². The highest BCUT2D eigenvalue weighted by atomic mass is 16.4. The number of carbonyl (C=O) groups is 2. The van der Waals surface area contributed by atoms with E-state index in [4.69, 9.17) is 5.11 Å². The van der Waals surface area contributed by atoms with Crippen LogP contribution in [0.15, 0.2) is 18.6 Å². The minimum Gasteiger partial charge on any atom is -0.480 e. The molecular weight excluding hydrogens is 236 g/mol. The van der Waals surface area contributed by atoms with Crippen molar-refractivity contribution in [1.29, 1.82) is 0 Å². The van der Waals surface area contributed by atoms with Crippen molar-refractivity contribution in [3.63, 3.8) is 0 Å². The average molecular weight is 252 g/mol. The van der Waals surface area contributed by atoms with Crippen LogP contribution >= 0.6 is 0 Å². The Morgan fingerprint density at radius 2 is 2.28 bits per heavy atom. The summed E-state index contributed by atoms with van der Waals surface area (Å²) in [4.78, 5) is 30.0. The molecule has 2 amide bonds. The van der Waals surface area contributed by atoms with Crippen LogP contribution in [0.25, 0.3) is 0 Å². The molecule has 7 nitrogen and oxygen atoms in total. The Bertz CT molecular complexity index is 397. The van der Waals surface area contributed by atoms with E-state index in [1.807, 2.05) is 6.92 Å². The largest absolute Gasteiger partial charge is 0.480 e. The molecule has 0 aliphatic carbocycles. The SMILES string of the molecule is CCC[C@@H](NC(=O)NCc1ccncn1)C(=O)O. The highest BCUT2D eigenvalue weighted by Crippen LogP contribution is 1.97. The van der Waals surface area contributed by atoms with Crippen molar-refractivity contribution in [2.45, 2.75) is 32.4 Å². The van der Waals surface area contributed by atoms with Crippen LogP contribution in [0.1, 0.15) is 25.5 Å². The zero-order valence-electron chi connectivity index (χ0n) is 10.1. The lowest BCUT2D eigenvalue weighted by Gasteiger charge is -2.13. The molecule has 1 heterocycles. The molecule has 98 valence electrons. The highest BCUT2D eigenvalue weighted by molar-refractivity contribution is 5.82. The van der Waals surface area contributed by atoms with Gasteiger partial charge in [0.2, 0.25) is 0 Å². The Labute approximate surface area is 105 Å². The third-order valence-corrected chi connectivity index (χ3v) is 2.25. The molecule has 0 saturated heterocycles. The van der Waals surface area contributed by atoms with Crippen molar-refractivity contribution >= 4 is 12.0 Å². The molecule has 0 aliphatic heterocycles. The van der Waals surface area contributed by atoms with Gasteiger partial charge in [-0.1, -0.05) is 13.3 Å². The van der Waals surface area contributed by atoms with Crippen molar-refractivity contribution in [3.05, 3.63) is 24.3 Å². The Hall–Kier alpha value is -2.18. The zero-order chi connectivity index (χ0) is 13.4. The monoisotopic (exact) mass is 252 g/mol. The van der Waals surface area contributed by atoms with Crippen molar-refractivity contribution in [3.8, 4) is 0 Å². The summed E-state index contributed by atoms with van der Waals surface area (Å²) in [5.74, 6) is -1.03. The molecule has 18 heavy (non-hydrogen) atoms. The topological polar surface area (TPSA) is 104 Å². The molecule has 0 unspecified atom stereocenters. The van der Waals surface area contributed by atoms with Crippen LogP contribution in [0.2, 0.25) is 0 Å². The fourth-order valence-electron chi connectivity index (χ4n) is 1.35. The number of hydrogen-bond donors (Lipinski definition) is 3. The molecule has 0 bridgehead atoms. The molecule has 0 radical (unpaired) electrons. The van der Waals surface area contributed by atoms with E-state index >= 15 is 0 Å². The van der Waals surface area contributed by atoms with E-state index < -0.39 is 18.0 Å². The number of urea groups is 1. The molecule has 1 aromatic rings. The van der Waals surface area contributed by atoms with Crippen LogP contribution in [-0.2, 0) is 11.3 Å². The third-order valence-electron chi connectivity index (χ3n) is 2.25. The van der Waals surface area contributed by atoms with Gasteiger partial charge in [0.15, 0.2) is 0 Å². The summed E-state index contributed by atoms with van der Waals surface area (Å²) < 4.78 is 0. The number of aliphatic carboxylic acids is 1.